The third-order valence-electron chi connectivity index (χ3n) is 4.46. The maximum Gasteiger partial charge on any atom is 0.231 e. The first-order valence-corrected chi connectivity index (χ1v) is 8.09. The van der Waals surface area contributed by atoms with Gasteiger partial charge in [0.1, 0.15) is 17.5 Å². The second kappa shape index (κ2) is 5.77. The smallest absolute Gasteiger partial charge is 0.231 e. The third kappa shape index (κ3) is 2.43. The molecular weight excluding hydrogens is 330 g/mol. The number of anilines is 1. The SMILES string of the molecule is Cc1cc2c(cc1-c1cc(-c3cn(C)nc3C)nc(N)c1C#N)OCO2. The molecule has 0 saturated carbocycles. The van der Waals surface area contributed by atoms with Crippen molar-refractivity contribution in [3.8, 4) is 40.0 Å². The van der Waals surface area contributed by atoms with Gasteiger partial charge in [-0.25, -0.2) is 4.98 Å². The topological polar surface area (TPSA) is 99.0 Å². The van der Waals surface area contributed by atoms with E-state index < -0.39 is 0 Å². The number of nitriles is 1. The van der Waals surface area contributed by atoms with E-state index in [2.05, 4.69) is 16.2 Å². The summed E-state index contributed by atoms with van der Waals surface area (Å²) in [6.07, 6.45) is 1.89. The number of aryl methyl sites for hydroxylation is 3. The standard InChI is InChI=1S/C19H17N5O2/c1-10-4-17-18(26-9-25-17)6-12(10)13-5-16(22-19(21)14(13)7-20)15-8-24(3)23-11(15)2/h4-6,8H,9H2,1-3H3,(H2,21,22). The summed E-state index contributed by atoms with van der Waals surface area (Å²) in [6.45, 7) is 4.07. The fourth-order valence-electron chi connectivity index (χ4n) is 3.22. The molecule has 0 saturated heterocycles. The molecule has 7 heteroatoms. The fourth-order valence-corrected chi connectivity index (χ4v) is 3.22. The van der Waals surface area contributed by atoms with Crippen LogP contribution < -0.4 is 15.2 Å². The largest absolute Gasteiger partial charge is 0.454 e. The number of aromatic nitrogens is 3. The van der Waals surface area contributed by atoms with Crippen LogP contribution in [0.2, 0.25) is 0 Å². The number of nitrogen functional groups attached to an aromatic ring is 1. The van der Waals surface area contributed by atoms with Crippen LogP contribution in [-0.4, -0.2) is 21.6 Å². The van der Waals surface area contributed by atoms with Gasteiger partial charge in [-0.05, 0) is 43.2 Å². The highest BCUT2D eigenvalue weighted by molar-refractivity contribution is 5.83. The van der Waals surface area contributed by atoms with Gasteiger partial charge in [0.05, 0.1) is 11.4 Å². The van der Waals surface area contributed by atoms with E-state index in [9.17, 15) is 5.26 Å². The molecule has 0 fully saturated rings. The van der Waals surface area contributed by atoms with Crippen LogP contribution in [0.15, 0.2) is 24.4 Å². The molecule has 2 aromatic heterocycles. The third-order valence-corrected chi connectivity index (χ3v) is 4.46. The number of ether oxygens (including phenoxy) is 2. The minimum absolute atomic E-state index is 0.195. The molecular formula is C19H17N5O2. The van der Waals surface area contributed by atoms with Crippen molar-refractivity contribution in [2.24, 2.45) is 7.05 Å². The summed E-state index contributed by atoms with van der Waals surface area (Å²) in [6, 6.07) is 7.84. The number of fused-ring (bicyclic) bond motifs is 1. The van der Waals surface area contributed by atoms with E-state index in [-0.39, 0.29) is 12.6 Å². The summed E-state index contributed by atoms with van der Waals surface area (Å²) in [5, 5.41) is 14.0. The Kier molecular flexibility index (Phi) is 3.55. The normalized spacial score (nSPS) is 12.2. The molecule has 0 radical (unpaired) electrons. The number of pyridine rings is 1. The fraction of sp³-hybridized carbons (Fsp3) is 0.211. The van der Waals surface area contributed by atoms with E-state index in [0.29, 0.717) is 28.3 Å². The van der Waals surface area contributed by atoms with Gasteiger partial charge in [-0.3, -0.25) is 4.68 Å². The summed E-state index contributed by atoms with van der Waals surface area (Å²) in [5.41, 5.74) is 11.4. The van der Waals surface area contributed by atoms with Gasteiger partial charge in [-0.2, -0.15) is 10.4 Å². The zero-order chi connectivity index (χ0) is 18.4. The monoisotopic (exact) mass is 347 g/mol. The van der Waals surface area contributed by atoms with Crippen LogP contribution in [0.25, 0.3) is 22.4 Å². The van der Waals surface area contributed by atoms with Gasteiger partial charge in [0.2, 0.25) is 6.79 Å². The number of nitrogens with two attached hydrogens (primary N) is 1. The van der Waals surface area contributed by atoms with E-state index in [4.69, 9.17) is 15.2 Å². The zero-order valence-corrected chi connectivity index (χ0v) is 14.7. The van der Waals surface area contributed by atoms with Crippen molar-refractivity contribution >= 4 is 5.82 Å². The molecule has 7 nitrogen and oxygen atoms in total. The Labute approximate surface area is 150 Å². The minimum Gasteiger partial charge on any atom is -0.454 e. The van der Waals surface area contributed by atoms with Gasteiger partial charge in [0, 0.05) is 24.4 Å². The molecule has 0 aliphatic carbocycles. The lowest BCUT2D eigenvalue weighted by Crippen LogP contribution is -2.00. The molecule has 0 spiro atoms. The second-order valence-electron chi connectivity index (χ2n) is 6.25. The van der Waals surface area contributed by atoms with Crippen LogP contribution in [0.3, 0.4) is 0 Å². The van der Waals surface area contributed by atoms with E-state index in [1.807, 2.05) is 45.3 Å². The summed E-state index contributed by atoms with van der Waals surface area (Å²) >= 11 is 0. The quantitative estimate of drug-likeness (QED) is 0.765. The molecule has 4 rings (SSSR count). The molecule has 0 amide bonds. The van der Waals surface area contributed by atoms with E-state index in [1.54, 1.807) is 4.68 Å². The number of nitrogens with zero attached hydrogens (tertiary/aromatic N) is 4. The molecule has 130 valence electrons. The molecule has 3 heterocycles. The highest BCUT2D eigenvalue weighted by Gasteiger charge is 2.21. The van der Waals surface area contributed by atoms with Crippen LogP contribution in [0.1, 0.15) is 16.8 Å². The van der Waals surface area contributed by atoms with Crippen molar-refractivity contribution in [2.75, 3.05) is 12.5 Å². The van der Waals surface area contributed by atoms with E-state index in [0.717, 1.165) is 22.4 Å². The van der Waals surface area contributed by atoms with Crippen LogP contribution in [0.4, 0.5) is 5.82 Å². The molecule has 0 unspecified atom stereocenters. The maximum absolute atomic E-state index is 9.62. The second-order valence-corrected chi connectivity index (χ2v) is 6.25. The van der Waals surface area contributed by atoms with Gasteiger partial charge < -0.3 is 15.2 Å². The molecule has 0 bridgehead atoms. The molecule has 2 N–H and O–H groups in total. The maximum atomic E-state index is 9.62. The van der Waals surface area contributed by atoms with Crippen LogP contribution in [-0.2, 0) is 7.05 Å². The molecule has 3 aromatic rings. The van der Waals surface area contributed by atoms with Gasteiger partial charge in [-0.1, -0.05) is 0 Å². The minimum atomic E-state index is 0.195. The lowest BCUT2D eigenvalue weighted by Gasteiger charge is -2.13. The summed E-state index contributed by atoms with van der Waals surface area (Å²) in [5.74, 6) is 1.56. The highest BCUT2D eigenvalue weighted by atomic mass is 16.7. The van der Waals surface area contributed by atoms with Crippen LogP contribution in [0.5, 0.6) is 11.5 Å². The van der Waals surface area contributed by atoms with Crippen LogP contribution >= 0.6 is 0 Å². The van der Waals surface area contributed by atoms with Gasteiger partial charge in [0.15, 0.2) is 11.5 Å². The summed E-state index contributed by atoms with van der Waals surface area (Å²) in [4.78, 5) is 4.42. The van der Waals surface area contributed by atoms with Gasteiger partial charge >= 0.3 is 0 Å². The van der Waals surface area contributed by atoms with Crippen molar-refractivity contribution in [1.29, 1.82) is 5.26 Å². The lowest BCUT2D eigenvalue weighted by atomic mass is 9.95. The summed E-state index contributed by atoms with van der Waals surface area (Å²) in [7, 11) is 1.85. The first kappa shape index (κ1) is 16.0. The Morgan fingerprint density at radius 3 is 2.50 bits per heavy atom. The predicted molar refractivity (Wildman–Crippen MR) is 96.6 cm³/mol. The summed E-state index contributed by atoms with van der Waals surface area (Å²) < 4.78 is 12.6. The van der Waals surface area contributed by atoms with E-state index >= 15 is 0 Å². The van der Waals surface area contributed by atoms with Crippen molar-refractivity contribution in [3.05, 3.63) is 41.2 Å². The Balaban J connectivity index is 1.96. The number of benzene rings is 1. The number of hydrogen-bond donors (Lipinski definition) is 1. The van der Waals surface area contributed by atoms with Gasteiger partial charge in [-0.15, -0.1) is 0 Å². The molecule has 1 aromatic carbocycles. The van der Waals surface area contributed by atoms with Crippen molar-refractivity contribution < 1.29 is 9.47 Å². The van der Waals surface area contributed by atoms with Gasteiger partial charge in [0.25, 0.3) is 0 Å². The lowest BCUT2D eigenvalue weighted by molar-refractivity contribution is 0.174. The molecule has 1 aliphatic heterocycles. The first-order chi connectivity index (χ1) is 12.5. The Morgan fingerprint density at radius 2 is 1.85 bits per heavy atom. The van der Waals surface area contributed by atoms with Crippen molar-refractivity contribution in [3.63, 3.8) is 0 Å². The number of hydrogen-bond acceptors (Lipinski definition) is 6. The highest BCUT2D eigenvalue weighted by Crippen LogP contribution is 2.41. The predicted octanol–water partition coefficient (Wildman–Crippen LogP) is 2.95. The van der Waals surface area contributed by atoms with Crippen molar-refractivity contribution in [1.82, 2.24) is 14.8 Å². The van der Waals surface area contributed by atoms with Crippen LogP contribution in [0, 0.1) is 25.2 Å². The zero-order valence-electron chi connectivity index (χ0n) is 14.7. The Hall–Kier alpha value is -3.53. The average molecular weight is 347 g/mol. The van der Waals surface area contributed by atoms with E-state index in [1.165, 1.54) is 0 Å². The first-order valence-electron chi connectivity index (χ1n) is 8.09. The Bertz CT molecular complexity index is 1080. The molecule has 0 atom stereocenters. The Morgan fingerprint density at radius 1 is 1.12 bits per heavy atom. The van der Waals surface area contributed by atoms with Crippen molar-refractivity contribution in [2.45, 2.75) is 13.8 Å². The molecule has 1 aliphatic rings. The average Bonchev–Trinajstić information content (AvgIpc) is 3.18. The molecule has 26 heavy (non-hydrogen) atoms. The number of rotatable bonds is 2.